The summed E-state index contributed by atoms with van der Waals surface area (Å²) in [7, 11) is 1.43. The first-order valence-electron chi connectivity index (χ1n) is 4.32. The highest BCUT2D eigenvalue weighted by atomic mass is 16.5. The Morgan fingerprint density at radius 1 is 1.62 bits per heavy atom. The minimum Gasteiger partial charge on any atom is -0.469 e. The van der Waals surface area contributed by atoms with Crippen LogP contribution in [0.4, 0.5) is 0 Å². The molecule has 3 heteroatoms. The Morgan fingerprint density at radius 3 is 3.15 bits per heavy atom. The number of hydrogen-bond donors (Lipinski definition) is 0. The molecule has 0 spiro atoms. The molecular formula is C10H11NO2. The molecule has 0 radical (unpaired) electrons. The Balaban J connectivity index is 2.18. The molecule has 68 valence electrons. The van der Waals surface area contributed by atoms with Crippen molar-refractivity contribution in [2.24, 2.45) is 5.92 Å². The van der Waals surface area contributed by atoms with Crippen LogP contribution in [0, 0.1) is 5.92 Å². The smallest absolute Gasteiger partial charge is 0.309 e. The van der Waals surface area contributed by atoms with Gasteiger partial charge in [0.2, 0.25) is 0 Å². The zero-order valence-electron chi connectivity index (χ0n) is 7.49. The van der Waals surface area contributed by atoms with Crippen molar-refractivity contribution in [2.75, 3.05) is 7.11 Å². The van der Waals surface area contributed by atoms with E-state index >= 15 is 0 Å². The average Bonchev–Trinajstić information content (AvgIpc) is 2.59. The van der Waals surface area contributed by atoms with Gasteiger partial charge in [0, 0.05) is 18.3 Å². The molecule has 3 nitrogen and oxygen atoms in total. The summed E-state index contributed by atoms with van der Waals surface area (Å²) in [6.07, 6.45) is 3.26. The van der Waals surface area contributed by atoms with E-state index in [4.69, 9.17) is 4.74 Å². The Morgan fingerprint density at radius 2 is 2.46 bits per heavy atom. The third-order valence-corrected chi connectivity index (χ3v) is 2.43. The molecular weight excluding hydrogens is 166 g/mol. The molecule has 1 atom stereocenters. The number of pyridine rings is 1. The van der Waals surface area contributed by atoms with E-state index in [1.807, 2.05) is 12.1 Å². The lowest BCUT2D eigenvalue weighted by Gasteiger charge is -2.03. The molecule has 0 fully saturated rings. The maximum absolute atomic E-state index is 11.2. The van der Waals surface area contributed by atoms with Crippen molar-refractivity contribution in [3.05, 3.63) is 29.6 Å². The van der Waals surface area contributed by atoms with Crippen LogP contribution in [-0.2, 0) is 22.4 Å². The SMILES string of the molecule is COC(=O)C1Cc2cccnc2C1. The molecule has 0 aromatic carbocycles. The summed E-state index contributed by atoms with van der Waals surface area (Å²) < 4.78 is 4.70. The van der Waals surface area contributed by atoms with Gasteiger partial charge < -0.3 is 4.74 Å². The van der Waals surface area contributed by atoms with Gasteiger partial charge in [0.1, 0.15) is 0 Å². The number of fused-ring (bicyclic) bond motifs is 1. The first kappa shape index (κ1) is 8.23. The highest BCUT2D eigenvalue weighted by Gasteiger charge is 2.28. The summed E-state index contributed by atoms with van der Waals surface area (Å²) >= 11 is 0. The number of methoxy groups -OCH3 is 1. The predicted molar refractivity (Wildman–Crippen MR) is 47.2 cm³/mol. The first-order chi connectivity index (χ1) is 6.31. The molecule has 13 heavy (non-hydrogen) atoms. The number of carbonyl (C=O) groups excluding carboxylic acids is 1. The standard InChI is InChI=1S/C10H11NO2/c1-13-10(12)8-5-7-3-2-4-11-9(7)6-8/h2-4,8H,5-6H2,1H3. The number of carbonyl (C=O) groups is 1. The molecule has 2 rings (SSSR count). The number of aromatic nitrogens is 1. The van der Waals surface area contributed by atoms with Crippen molar-refractivity contribution < 1.29 is 9.53 Å². The summed E-state index contributed by atoms with van der Waals surface area (Å²) in [5.41, 5.74) is 2.22. The predicted octanol–water partition coefficient (Wildman–Crippen LogP) is 0.969. The Bertz CT molecular complexity index is 310. The van der Waals surface area contributed by atoms with E-state index in [0.29, 0.717) is 0 Å². The second-order valence-electron chi connectivity index (χ2n) is 3.24. The second kappa shape index (κ2) is 3.17. The lowest BCUT2D eigenvalue weighted by Crippen LogP contribution is -2.16. The minimum atomic E-state index is -0.127. The van der Waals surface area contributed by atoms with Crippen molar-refractivity contribution >= 4 is 5.97 Å². The monoisotopic (exact) mass is 177 g/mol. The van der Waals surface area contributed by atoms with Crippen LogP contribution in [0.15, 0.2) is 18.3 Å². The van der Waals surface area contributed by atoms with Gasteiger partial charge in [-0.1, -0.05) is 6.07 Å². The van der Waals surface area contributed by atoms with Gasteiger partial charge in [-0.05, 0) is 18.1 Å². The van der Waals surface area contributed by atoms with Gasteiger partial charge in [-0.2, -0.15) is 0 Å². The fourth-order valence-electron chi connectivity index (χ4n) is 1.75. The highest BCUT2D eigenvalue weighted by Crippen LogP contribution is 2.25. The molecule has 1 heterocycles. The molecule has 0 N–H and O–H groups in total. The van der Waals surface area contributed by atoms with Crippen molar-refractivity contribution in [1.82, 2.24) is 4.98 Å². The topological polar surface area (TPSA) is 39.2 Å². The van der Waals surface area contributed by atoms with Gasteiger partial charge in [0.15, 0.2) is 0 Å². The van der Waals surface area contributed by atoms with E-state index in [1.54, 1.807) is 6.20 Å². The summed E-state index contributed by atoms with van der Waals surface area (Å²) in [6, 6.07) is 3.92. The van der Waals surface area contributed by atoms with Crippen LogP contribution in [-0.4, -0.2) is 18.1 Å². The van der Waals surface area contributed by atoms with Crippen LogP contribution < -0.4 is 0 Å². The molecule has 1 aromatic heterocycles. The van der Waals surface area contributed by atoms with E-state index in [1.165, 1.54) is 12.7 Å². The number of hydrogen-bond acceptors (Lipinski definition) is 3. The van der Waals surface area contributed by atoms with E-state index < -0.39 is 0 Å². The lowest BCUT2D eigenvalue weighted by molar-refractivity contribution is -0.145. The van der Waals surface area contributed by atoms with Crippen LogP contribution in [0.2, 0.25) is 0 Å². The van der Waals surface area contributed by atoms with E-state index in [9.17, 15) is 4.79 Å². The molecule has 0 saturated carbocycles. The Labute approximate surface area is 76.7 Å². The van der Waals surface area contributed by atoms with Gasteiger partial charge >= 0.3 is 5.97 Å². The van der Waals surface area contributed by atoms with Crippen LogP contribution in [0.3, 0.4) is 0 Å². The third-order valence-electron chi connectivity index (χ3n) is 2.43. The Hall–Kier alpha value is -1.38. The number of nitrogens with zero attached hydrogens (tertiary/aromatic N) is 1. The van der Waals surface area contributed by atoms with E-state index in [0.717, 1.165) is 18.5 Å². The molecule has 1 unspecified atom stereocenters. The summed E-state index contributed by atoms with van der Waals surface area (Å²) in [6.45, 7) is 0. The normalized spacial score (nSPS) is 19.6. The fourth-order valence-corrected chi connectivity index (χ4v) is 1.75. The number of ether oxygens (including phenoxy) is 1. The largest absolute Gasteiger partial charge is 0.469 e. The fraction of sp³-hybridized carbons (Fsp3) is 0.400. The van der Waals surface area contributed by atoms with Crippen LogP contribution in [0.25, 0.3) is 0 Å². The van der Waals surface area contributed by atoms with Gasteiger partial charge in [-0.15, -0.1) is 0 Å². The molecule has 0 amide bonds. The van der Waals surface area contributed by atoms with Gasteiger partial charge in [-0.3, -0.25) is 9.78 Å². The second-order valence-corrected chi connectivity index (χ2v) is 3.24. The summed E-state index contributed by atoms with van der Waals surface area (Å²) in [5.74, 6) is -0.145. The van der Waals surface area contributed by atoms with E-state index in [-0.39, 0.29) is 11.9 Å². The molecule has 0 bridgehead atoms. The maximum Gasteiger partial charge on any atom is 0.309 e. The van der Waals surface area contributed by atoms with Gasteiger partial charge in [0.05, 0.1) is 13.0 Å². The minimum absolute atomic E-state index is 0.0186. The van der Waals surface area contributed by atoms with Crippen molar-refractivity contribution in [3.8, 4) is 0 Å². The zero-order chi connectivity index (χ0) is 9.26. The maximum atomic E-state index is 11.2. The zero-order valence-corrected chi connectivity index (χ0v) is 7.49. The molecule has 1 aromatic rings. The van der Waals surface area contributed by atoms with Gasteiger partial charge in [-0.25, -0.2) is 0 Å². The van der Waals surface area contributed by atoms with Crippen LogP contribution >= 0.6 is 0 Å². The quantitative estimate of drug-likeness (QED) is 0.600. The highest BCUT2D eigenvalue weighted by molar-refractivity contribution is 5.74. The van der Waals surface area contributed by atoms with Gasteiger partial charge in [0.25, 0.3) is 0 Å². The number of rotatable bonds is 1. The first-order valence-corrected chi connectivity index (χ1v) is 4.32. The third kappa shape index (κ3) is 1.41. The van der Waals surface area contributed by atoms with Crippen molar-refractivity contribution in [2.45, 2.75) is 12.8 Å². The number of esters is 1. The van der Waals surface area contributed by atoms with Crippen molar-refractivity contribution in [3.63, 3.8) is 0 Å². The van der Waals surface area contributed by atoms with Crippen molar-refractivity contribution in [1.29, 1.82) is 0 Å². The van der Waals surface area contributed by atoms with Crippen LogP contribution in [0.5, 0.6) is 0 Å². The molecule has 0 aliphatic heterocycles. The molecule has 0 saturated heterocycles. The van der Waals surface area contributed by atoms with Crippen LogP contribution in [0.1, 0.15) is 11.3 Å². The lowest BCUT2D eigenvalue weighted by atomic mass is 10.1. The van der Waals surface area contributed by atoms with E-state index in [2.05, 4.69) is 4.98 Å². The molecule has 1 aliphatic rings. The average molecular weight is 177 g/mol. The summed E-state index contributed by atoms with van der Waals surface area (Å²) in [5, 5.41) is 0. The molecule has 1 aliphatic carbocycles. The summed E-state index contributed by atoms with van der Waals surface area (Å²) in [4.78, 5) is 15.5. The Kier molecular flexibility index (Phi) is 2.00.